The number of aromatic amines is 1. The van der Waals surface area contributed by atoms with E-state index >= 15 is 0 Å². The van der Waals surface area contributed by atoms with Gasteiger partial charge in [-0.2, -0.15) is 0 Å². The third-order valence-corrected chi connectivity index (χ3v) is 4.89. The Kier molecular flexibility index (Phi) is 4.42. The van der Waals surface area contributed by atoms with Crippen molar-refractivity contribution in [3.05, 3.63) is 60.3 Å². The lowest BCUT2D eigenvalue weighted by Gasteiger charge is -2.23. The summed E-state index contributed by atoms with van der Waals surface area (Å²) in [6, 6.07) is 18.3. The zero-order valence-electron chi connectivity index (χ0n) is 14.2. The number of para-hydroxylation sites is 1. The van der Waals surface area contributed by atoms with Crippen LogP contribution >= 0.6 is 0 Å². The number of aromatic nitrogens is 1. The molecule has 0 bridgehead atoms. The zero-order valence-corrected chi connectivity index (χ0v) is 14.2. The summed E-state index contributed by atoms with van der Waals surface area (Å²) in [6.45, 7) is 0. The first-order valence-electron chi connectivity index (χ1n) is 9.04. The molecule has 1 aliphatic carbocycles. The van der Waals surface area contributed by atoms with Crippen LogP contribution < -0.4 is 10.6 Å². The van der Waals surface area contributed by atoms with Crippen molar-refractivity contribution in [3.63, 3.8) is 0 Å². The highest BCUT2D eigenvalue weighted by Crippen LogP contribution is 2.23. The second kappa shape index (κ2) is 7.01. The predicted octanol–water partition coefficient (Wildman–Crippen LogP) is 5.16. The summed E-state index contributed by atoms with van der Waals surface area (Å²) in [5.74, 6) is -0.121. The third kappa shape index (κ3) is 3.68. The summed E-state index contributed by atoms with van der Waals surface area (Å²) in [7, 11) is 0. The van der Waals surface area contributed by atoms with Crippen molar-refractivity contribution in [2.75, 3.05) is 10.6 Å². The highest BCUT2D eigenvalue weighted by molar-refractivity contribution is 6.05. The Morgan fingerprint density at radius 3 is 2.40 bits per heavy atom. The van der Waals surface area contributed by atoms with Gasteiger partial charge < -0.3 is 15.6 Å². The predicted molar refractivity (Wildman–Crippen MR) is 103 cm³/mol. The molecule has 3 aromatic rings. The van der Waals surface area contributed by atoms with Crippen molar-refractivity contribution in [3.8, 4) is 0 Å². The van der Waals surface area contributed by atoms with Crippen LogP contribution in [0, 0.1) is 0 Å². The second-order valence-corrected chi connectivity index (χ2v) is 6.78. The lowest BCUT2D eigenvalue weighted by Crippen LogP contribution is -2.22. The van der Waals surface area contributed by atoms with Crippen LogP contribution in [0.1, 0.15) is 42.6 Å². The number of rotatable bonds is 4. The Morgan fingerprint density at radius 2 is 1.64 bits per heavy atom. The number of hydrogen-bond acceptors (Lipinski definition) is 2. The van der Waals surface area contributed by atoms with Crippen LogP contribution in [-0.2, 0) is 0 Å². The van der Waals surface area contributed by atoms with Crippen molar-refractivity contribution in [1.29, 1.82) is 0 Å². The van der Waals surface area contributed by atoms with E-state index in [1.807, 2.05) is 54.6 Å². The lowest BCUT2D eigenvalue weighted by molar-refractivity contribution is 0.102. The SMILES string of the molecule is O=C(Nc1ccc(NC2CCCCC2)cc1)c1cc2ccccc2[nH]1. The van der Waals surface area contributed by atoms with Gasteiger partial charge in [0.25, 0.3) is 5.91 Å². The Bertz CT molecular complexity index is 827. The molecule has 0 spiro atoms. The quantitative estimate of drug-likeness (QED) is 0.617. The number of fused-ring (bicyclic) bond motifs is 1. The van der Waals surface area contributed by atoms with Crippen molar-refractivity contribution in [2.24, 2.45) is 0 Å². The minimum absolute atomic E-state index is 0.121. The van der Waals surface area contributed by atoms with Crippen LogP contribution in [0.5, 0.6) is 0 Å². The van der Waals surface area contributed by atoms with Crippen molar-refractivity contribution < 1.29 is 4.79 Å². The average molecular weight is 333 g/mol. The molecule has 2 aromatic carbocycles. The van der Waals surface area contributed by atoms with Gasteiger partial charge in [0.05, 0.1) is 0 Å². The number of amides is 1. The summed E-state index contributed by atoms with van der Waals surface area (Å²) in [4.78, 5) is 15.6. The Labute approximate surface area is 147 Å². The van der Waals surface area contributed by atoms with E-state index in [1.165, 1.54) is 32.1 Å². The molecule has 25 heavy (non-hydrogen) atoms. The molecule has 3 N–H and O–H groups in total. The van der Waals surface area contributed by atoms with E-state index in [0.29, 0.717) is 11.7 Å². The Balaban J connectivity index is 1.40. The number of benzene rings is 2. The maximum atomic E-state index is 12.4. The van der Waals surface area contributed by atoms with E-state index in [0.717, 1.165) is 22.3 Å². The summed E-state index contributed by atoms with van der Waals surface area (Å²) in [6.07, 6.45) is 6.49. The highest BCUT2D eigenvalue weighted by Gasteiger charge is 2.13. The van der Waals surface area contributed by atoms with E-state index in [-0.39, 0.29) is 5.91 Å². The molecule has 1 fully saturated rings. The number of carbonyl (C=O) groups is 1. The van der Waals surface area contributed by atoms with Gasteiger partial charge in [-0.3, -0.25) is 4.79 Å². The van der Waals surface area contributed by atoms with Crippen molar-refractivity contribution in [1.82, 2.24) is 4.98 Å². The molecular formula is C21H23N3O. The van der Waals surface area contributed by atoms with Crippen molar-refractivity contribution >= 4 is 28.2 Å². The molecule has 1 heterocycles. The van der Waals surface area contributed by atoms with Gasteiger partial charge in [0.2, 0.25) is 0 Å². The van der Waals surface area contributed by atoms with Crippen LogP contribution in [0.4, 0.5) is 11.4 Å². The van der Waals surface area contributed by atoms with Crippen LogP contribution in [0.3, 0.4) is 0 Å². The smallest absolute Gasteiger partial charge is 0.272 e. The molecule has 4 rings (SSSR count). The van der Waals surface area contributed by atoms with E-state index in [4.69, 9.17) is 0 Å². The maximum absolute atomic E-state index is 12.4. The maximum Gasteiger partial charge on any atom is 0.272 e. The summed E-state index contributed by atoms with van der Waals surface area (Å²) in [5, 5.41) is 7.59. The van der Waals surface area contributed by atoms with E-state index in [9.17, 15) is 4.79 Å². The average Bonchev–Trinajstić information content (AvgIpc) is 3.09. The molecule has 0 unspecified atom stereocenters. The summed E-state index contributed by atoms with van der Waals surface area (Å²) in [5.41, 5.74) is 3.47. The molecule has 1 saturated carbocycles. The van der Waals surface area contributed by atoms with Gasteiger partial charge in [-0.25, -0.2) is 0 Å². The molecule has 1 aliphatic rings. The fourth-order valence-corrected chi connectivity index (χ4v) is 3.53. The number of nitrogens with one attached hydrogen (secondary N) is 3. The normalized spacial score (nSPS) is 15.2. The fourth-order valence-electron chi connectivity index (χ4n) is 3.53. The second-order valence-electron chi connectivity index (χ2n) is 6.78. The fraction of sp³-hybridized carbons (Fsp3) is 0.286. The molecular weight excluding hydrogens is 310 g/mol. The first-order chi connectivity index (χ1) is 12.3. The van der Waals surface area contributed by atoms with Gasteiger partial charge in [0, 0.05) is 28.3 Å². The monoisotopic (exact) mass is 333 g/mol. The van der Waals surface area contributed by atoms with E-state index in [1.54, 1.807) is 0 Å². The molecule has 0 saturated heterocycles. The lowest BCUT2D eigenvalue weighted by atomic mass is 9.95. The molecule has 4 nitrogen and oxygen atoms in total. The summed E-state index contributed by atoms with van der Waals surface area (Å²) >= 11 is 0. The van der Waals surface area contributed by atoms with E-state index in [2.05, 4.69) is 15.6 Å². The Hall–Kier alpha value is -2.75. The van der Waals surface area contributed by atoms with Gasteiger partial charge >= 0.3 is 0 Å². The molecule has 1 aromatic heterocycles. The molecule has 1 amide bonds. The van der Waals surface area contributed by atoms with Gasteiger partial charge in [0.1, 0.15) is 5.69 Å². The van der Waals surface area contributed by atoms with E-state index < -0.39 is 0 Å². The third-order valence-electron chi connectivity index (χ3n) is 4.89. The molecule has 0 aliphatic heterocycles. The molecule has 0 radical (unpaired) electrons. The minimum atomic E-state index is -0.121. The van der Waals surface area contributed by atoms with Crippen molar-refractivity contribution in [2.45, 2.75) is 38.1 Å². The number of hydrogen-bond donors (Lipinski definition) is 3. The first-order valence-corrected chi connectivity index (χ1v) is 9.04. The molecule has 0 atom stereocenters. The zero-order chi connectivity index (χ0) is 17.1. The largest absolute Gasteiger partial charge is 0.382 e. The highest BCUT2D eigenvalue weighted by atomic mass is 16.1. The van der Waals surface area contributed by atoms with Crippen LogP contribution in [0.15, 0.2) is 54.6 Å². The van der Waals surface area contributed by atoms with Gasteiger partial charge in [-0.15, -0.1) is 0 Å². The summed E-state index contributed by atoms with van der Waals surface area (Å²) < 4.78 is 0. The van der Waals surface area contributed by atoms with Gasteiger partial charge in [-0.05, 0) is 49.2 Å². The minimum Gasteiger partial charge on any atom is -0.382 e. The van der Waals surface area contributed by atoms with Crippen LogP contribution in [-0.4, -0.2) is 16.9 Å². The topological polar surface area (TPSA) is 56.9 Å². The standard InChI is InChI=1S/C21H23N3O/c25-21(20-14-15-6-4-5-9-19(15)24-20)23-18-12-10-17(11-13-18)22-16-7-2-1-3-8-16/h4-6,9-14,16,22,24H,1-3,7-8H2,(H,23,25). The number of anilines is 2. The van der Waals surface area contributed by atoms with Crippen LogP contribution in [0.2, 0.25) is 0 Å². The van der Waals surface area contributed by atoms with Gasteiger partial charge in [0.15, 0.2) is 0 Å². The number of H-pyrrole nitrogens is 1. The Morgan fingerprint density at radius 1 is 0.920 bits per heavy atom. The molecule has 128 valence electrons. The van der Waals surface area contributed by atoms with Crippen LogP contribution in [0.25, 0.3) is 10.9 Å². The number of carbonyl (C=O) groups excluding carboxylic acids is 1. The molecule has 4 heteroatoms. The first kappa shape index (κ1) is 15.8. The van der Waals surface area contributed by atoms with Gasteiger partial charge in [-0.1, -0.05) is 37.5 Å².